The Morgan fingerprint density at radius 3 is 2.62 bits per heavy atom. The molecule has 2 saturated heterocycles. The molecular formula is C12H20N4O4S. The molecule has 0 aliphatic carbocycles. The molecule has 0 unspecified atom stereocenters. The van der Waals surface area contributed by atoms with Crippen molar-refractivity contribution in [3.8, 4) is 0 Å². The van der Waals surface area contributed by atoms with Gasteiger partial charge in [0, 0.05) is 19.6 Å². The van der Waals surface area contributed by atoms with E-state index in [0.717, 1.165) is 11.3 Å². The van der Waals surface area contributed by atoms with Crippen LogP contribution in [0.1, 0.15) is 17.3 Å². The number of morpholine rings is 2. The summed E-state index contributed by atoms with van der Waals surface area (Å²) in [5.74, 6) is 0. The number of ether oxygens (including phenoxy) is 2. The summed E-state index contributed by atoms with van der Waals surface area (Å²) in [4.78, 5) is 0. The Labute approximate surface area is 124 Å². The Morgan fingerprint density at radius 2 is 1.95 bits per heavy atom. The lowest BCUT2D eigenvalue weighted by atomic mass is 10.1. The first-order valence-electron chi connectivity index (χ1n) is 7.03. The van der Waals surface area contributed by atoms with Crippen molar-refractivity contribution in [2.45, 2.75) is 13.0 Å². The standard InChI is InChI=1S/C12H20N4O4S/c1-10-8-13-14-12(10)11-9-20-7-4-16(11)21(17,18)15-2-5-19-6-3-15/h8,11H,2-7,9H2,1H3,(H,13,14)/t11-/m0/s1. The van der Waals surface area contributed by atoms with Crippen molar-refractivity contribution in [1.82, 2.24) is 18.8 Å². The van der Waals surface area contributed by atoms with Crippen LogP contribution in [0.2, 0.25) is 0 Å². The smallest absolute Gasteiger partial charge is 0.282 e. The maximum Gasteiger partial charge on any atom is 0.282 e. The van der Waals surface area contributed by atoms with Crippen LogP contribution in [0.3, 0.4) is 0 Å². The lowest BCUT2D eigenvalue weighted by Gasteiger charge is -2.38. The maximum absolute atomic E-state index is 12.9. The zero-order valence-corrected chi connectivity index (χ0v) is 12.8. The van der Waals surface area contributed by atoms with E-state index >= 15 is 0 Å². The molecule has 0 spiro atoms. The summed E-state index contributed by atoms with van der Waals surface area (Å²) >= 11 is 0. The summed E-state index contributed by atoms with van der Waals surface area (Å²) in [6.07, 6.45) is 1.70. The van der Waals surface area contributed by atoms with E-state index in [1.807, 2.05) is 6.92 Å². The lowest BCUT2D eigenvalue weighted by molar-refractivity contribution is 0.0222. The van der Waals surface area contributed by atoms with E-state index < -0.39 is 10.2 Å². The van der Waals surface area contributed by atoms with Gasteiger partial charge in [-0.3, -0.25) is 5.10 Å². The van der Waals surface area contributed by atoms with Gasteiger partial charge in [0.1, 0.15) is 0 Å². The van der Waals surface area contributed by atoms with E-state index in [1.54, 1.807) is 6.20 Å². The van der Waals surface area contributed by atoms with Crippen molar-refractivity contribution in [2.24, 2.45) is 0 Å². The molecule has 0 bridgehead atoms. The number of hydrogen-bond acceptors (Lipinski definition) is 5. The van der Waals surface area contributed by atoms with Gasteiger partial charge < -0.3 is 9.47 Å². The Hall–Kier alpha value is -1.00. The predicted molar refractivity (Wildman–Crippen MR) is 74.9 cm³/mol. The van der Waals surface area contributed by atoms with Crippen LogP contribution in [0.25, 0.3) is 0 Å². The molecule has 1 N–H and O–H groups in total. The van der Waals surface area contributed by atoms with E-state index in [0.29, 0.717) is 46.1 Å². The Morgan fingerprint density at radius 1 is 1.24 bits per heavy atom. The number of aromatic amines is 1. The Kier molecular flexibility index (Phi) is 4.27. The van der Waals surface area contributed by atoms with Crippen LogP contribution in [0.15, 0.2) is 6.20 Å². The number of nitrogens with zero attached hydrogens (tertiary/aromatic N) is 3. The van der Waals surface area contributed by atoms with E-state index in [1.165, 1.54) is 8.61 Å². The molecule has 8 nitrogen and oxygen atoms in total. The molecule has 3 rings (SSSR count). The fourth-order valence-corrected chi connectivity index (χ4v) is 4.41. The molecule has 1 aromatic rings. The van der Waals surface area contributed by atoms with Gasteiger partial charge in [-0.25, -0.2) is 0 Å². The quantitative estimate of drug-likeness (QED) is 0.825. The van der Waals surface area contributed by atoms with Gasteiger partial charge in [-0.1, -0.05) is 0 Å². The van der Waals surface area contributed by atoms with Crippen molar-refractivity contribution in [3.05, 3.63) is 17.5 Å². The largest absolute Gasteiger partial charge is 0.379 e. The number of nitrogens with one attached hydrogen (secondary N) is 1. The second-order valence-corrected chi connectivity index (χ2v) is 7.07. The van der Waals surface area contributed by atoms with Crippen molar-refractivity contribution in [2.75, 3.05) is 46.1 Å². The topological polar surface area (TPSA) is 87.8 Å². The highest BCUT2D eigenvalue weighted by Gasteiger charge is 2.39. The monoisotopic (exact) mass is 316 g/mol. The number of H-pyrrole nitrogens is 1. The number of hydrogen-bond donors (Lipinski definition) is 1. The molecule has 0 saturated carbocycles. The summed E-state index contributed by atoms with van der Waals surface area (Å²) in [5.41, 5.74) is 1.74. The number of aromatic nitrogens is 2. The van der Waals surface area contributed by atoms with Crippen molar-refractivity contribution in [3.63, 3.8) is 0 Å². The third-order valence-corrected chi connectivity index (χ3v) is 5.92. The lowest BCUT2D eigenvalue weighted by Crippen LogP contribution is -2.53. The fourth-order valence-electron chi connectivity index (χ4n) is 2.71. The van der Waals surface area contributed by atoms with Crippen LogP contribution >= 0.6 is 0 Å². The molecule has 1 atom stereocenters. The molecule has 0 aromatic carbocycles. The summed E-state index contributed by atoms with van der Waals surface area (Å²) < 4.78 is 39.4. The van der Waals surface area contributed by atoms with Crippen LogP contribution in [0, 0.1) is 6.92 Å². The maximum atomic E-state index is 12.9. The molecule has 9 heteroatoms. The molecule has 2 fully saturated rings. The first-order valence-corrected chi connectivity index (χ1v) is 8.42. The third kappa shape index (κ3) is 2.84. The summed E-state index contributed by atoms with van der Waals surface area (Å²) in [7, 11) is -3.52. The number of aryl methyl sites for hydroxylation is 1. The van der Waals surface area contributed by atoms with Crippen LogP contribution in [-0.4, -0.2) is 73.3 Å². The second kappa shape index (κ2) is 6.01. The average molecular weight is 316 g/mol. The molecule has 0 radical (unpaired) electrons. The Bertz CT molecular complexity index is 582. The predicted octanol–water partition coefficient (Wildman–Crippen LogP) is -0.332. The van der Waals surface area contributed by atoms with Crippen molar-refractivity contribution >= 4 is 10.2 Å². The van der Waals surface area contributed by atoms with Gasteiger partial charge in [-0.05, 0) is 12.5 Å². The van der Waals surface area contributed by atoms with E-state index in [4.69, 9.17) is 9.47 Å². The van der Waals surface area contributed by atoms with Crippen LogP contribution in [0.4, 0.5) is 0 Å². The summed E-state index contributed by atoms with van der Waals surface area (Å²) in [6, 6.07) is -0.353. The molecule has 0 amide bonds. The summed E-state index contributed by atoms with van der Waals surface area (Å²) in [5, 5.41) is 6.89. The average Bonchev–Trinajstić information content (AvgIpc) is 2.94. The highest BCUT2D eigenvalue weighted by Crippen LogP contribution is 2.29. The molecule has 1 aromatic heterocycles. The van der Waals surface area contributed by atoms with Crippen molar-refractivity contribution < 1.29 is 17.9 Å². The van der Waals surface area contributed by atoms with Gasteiger partial charge in [-0.15, -0.1) is 0 Å². The van der Waals surface area contributed by atoms with Gasteiger partial charge in [-0.2, -0.15) is 22.1 Å². The van der Waals surface area contributed by atoms with Crippen molar-refractivity contribution in [1.29, 1.82) is 0 Å². The van der Waals surface area contributed by atoms with Gasteiger partial charge in [0.25, 0.3) is 10.2 Å². The molecule has 118 valence electrons. The second-order valence-electron chi connectivity index (χ2n) is 5.19. The van der Waals surface area contributed by atoms with Gasteiger partial charge in [0.2, 0.25) is 0 Å². The van der Waals surface area contributed by atoms with Gasteiger partial charge in [0.05, 0.1) is 44.4 Å². The zero-order valence-electron chi connectivity index (χ0n) is 12.0. The minimum absolute atomic E-state index is 0.340. The zero-order chi connectivity index (χ0) is 14.9. The number of rotatable bonds is 3. The highest BCUT2D eigenvalue weighted by molar-refractivity contribution is 7.86. The first-order chi connectivity index (χ1) is 10.1. The van der Waals surface area contributed by atoms with E-state index in [2.05, 4.69) is 10.2 Å². The normalized spacial score (nSPS) is 26.0. The highest BCUT2D eigenvalue weighted by atomic mass is 32.2. The fraction of sp³-hybridized carbons (Fsp3) is 0.750. The first kappa shape index (κ1) is 14.9. The molecule has 2 aliphatic heterocycles. The third-order valence-electron chi connectivity index (χ3n) is 3.87. The molecule has 3 heterocycles. The minimum Gasteiger partial charge on any atom is -0.379 e. The summed E-state index contributed by atoms with van der Waals surface area (Å²) in [6.45, 7) is 4.69. The van der Waals surface area contributed by atoms with Crippen LogP contribution < -0.4 is 0 Å². The van der Waals surface area contributed by atoms with Gasteiger partial charge >= 0.3 is 0 Å². The Balaban J connectivity index is 1.88. The van der Waals surface area contributed by atoms with Crippen LogP contribution in [-0.2, 0) is 19.7 Å². The molecular weight excluding hydrogens is 296 g/mol. The van der Waals surface area contributed by atoms with Gasteiger partial charge in [0.15, 0.2) is 0 Å². The molecule has 2 aliphatic rings. The minimum atomic E-state index is -3.52. The van der Waals surface area contributed by atoms with Crippen LogP contribution in [0.5, 0.6) is 0 Å². The van der Waals surface area contributed by atoms with E-state index in [9.17, 15) is 8.42 Å². The molecule has 21 heavy (non-hydrogen) atoms. The van der Waals surface area contributed by atoms with E-state index in [-0.39, 0.29) is 6.04 Å². The SMILES string of the molecule is Cc1cn[nH]c1[C@@H]1COCCN1S(=O)(=O)N1CCOCC1.